The van der Waals surface area contributed by atoms with E-state index < -0.39 is 8.80 Å². The minimum Gasteiger partial charge on any atom is -0.428 e. The van der Waals surface area contributed by atoms with Crippen LogP contribution < -0.4 is 0 Å². The van der Waals surface area contributed by atoms with Gasteiger partial charge in [-0.3, -0.25) is 0 Å². The second-order valence-electron chi connectivity index (χ2n) is 8.65. The van der Waals surface area contributed by atoms with Gasteiger partial charge in [-0.05, 0) is 57.8 Å². The summed E-state index contributed by atoms with van der Waals surface area (Å²) in [6, 6.07) is 0.982. The van der Waals surface area contributed by atoms with Crippen LogP contribution in [0.25, 0.3) is 0 Å². The molecule has 30 heavy (non-hydrogen) atoms. The third kappa shape index (κ3) is 12.3. The standard InChI is InChI=1S/C21H42O4Si.C2H8OSi/c1-4-7-14-22-26(23-15-8-5-2,24-16-9-6-3)17-10-11-19-12-13-20-21(18-19)25-20;1-2-3-4/h19-21H,4-18H2,1-3H3;2H2,1,4H3. The summed E-state index contributed by atoms with van der Waals surface area (Å²) < 4.78 is 29.4. The van der Waals surface area contributed by atoms with Crippen molar-refractivity contribution in [2.45, 2.75) is 117 Å². The molecule has 5 nitrogen and oxygen atoms in total. The Balaban J connectivity index is 0.00000103. The number of ether oxygens (including phenoxy) is 1. The maximum absolute atomic E-state index is 6.35. The zero-order valence-electron chi connectivity index (χ0n) is 20.6. The maximum atomic E-state index is 6.35. The number of rotatable bonds is 17. The van der Waals surface area contributed by atoms with Crippen molar-refractivity contribution in [3.63, 3.8) is 0 Å². The van der Waals surface area contributed by atoms with E-state index in [4.69, 9.17) is 18.0 Å². The van der Waals surface area contributed by atoms with E-state index in [-0.39, 0.29) is 0 Å². The molecule has 0 N–H and O–H groups in total. The summed E-state index contributed by atoms with van der Waals surface area (Å²) in [4.78, 5) is 0. The molecule has 0 radical (unpaired) electrons. The van der Waals surface area contributed by atoms with Crippen molar-refractivity contribution in [3.8, 4) is 0 Å². The van der Waals surface area contributed by atoms with Gasteiger partial charge in [-0.2, -0.15) is 0 Å². The zero-order valence-corrected chi connectivity index (χ0v) is 23.6. The lowest BCUT2D eigenvalue weighted by molar-refractivity contribution is 0.0553. The van der Waals surface area contributed by atoms with Crippen LogP contribution in [0.1, 0.15) is 98.3 Å². The van der Waals surface area contributed by atoms with Gasteiger partial charge in [-0.25, -0.2) is 0 Å². The number of hydrogen-bond donors (Lipinski definition) is 0. The first kappa shape index (κ1) is 28.3. The van der Waals surface area contributed by atoms with Crippen molar-refractivity contribution >= 4 is 19.3 Å². The second-order valence-corrected chi connectivity index (χ2v) is 12.0. The second kappa shape index (κ2) is 17.7. The zero-order chi connectivity index (χ0) is 22.1. The van der Waals surface area contributed by atoms with E-state index in [9.17, 15) is 0 Å². The van der Waals surface area contributed by atoms with Crippen molar-refractivity contribution < 1.29 is 22.4 Å². The molecule has 1 aliphatic heterocycles. The van der Waals surface area contributed by atoms with Crippen molar-refractivity contribution in [1.29, 1.82) is 0 Å². The van der Waals surface area contributed by atoms with Crippen molar-refractivity contribution in [1.82, 2.24) is 0 Å². The van der Waals surface area contributed by atoms with Crippen LogP contribution in [-0.4, -0.2) is 57.9 Å². The van der Waals surface area contributed by atoms with Gasteiger partial charge in [0.25, 0.3) is 0 Å². The summed E-state index contributed by atoms with van der Waals surface area (Å²) in [6.45, 7) is 11.8. The third-order valence-corrected chi connectivity index (χ3v) is 9.43. The normalized spacial score (nSPS) is 23.0. The van der Waals surface area contributed by atoms with Gasteiger partial charge in [0.15, 0.2) is 0 Å². The fourth-order valence-corrected chi connectivity index (χ4v) is 6.50. The molecule has 1 aliphatic carbocycles. The average molecular weight is 463 g/mol. The summed E-state index contributed by atoms with van der Waals surface area (Å²) >= 11 is 0. The summed E-state index contributed by atoms with van der Waals surface area (Å²) in [7, 11) is -1.64. The van der Waals surface area contributed by atoms with Crippen LogP contribution in [0.3, 0.4) is 0 Å². The highest BCUT2D eigenvalue weighted by molar-refractivity contribution is 6.60. The Morgan fingerprint density at radius 1 is 0.800 bits per heavy atom. The SMILES string of the molecule is CCCCO[Si](CCCC1CCC2OC2C1)(OCCCC)OCCCC.CCO[SiH3]. The molecule has 1 saturated heterocycles. The number of fused-ring (bicyclic) bond motifs is 1. The molecule has 0 aromatic heterocycles. The van der Waals surface area contributed by atoms with E-state index in [2.05, 4.69) is 25.2 Å². The first-order valence-electron chi connectivity index (χ1n) is 12.7. The molecule has 1 heterocycles. The lowest BCUT2D eigenvalue weighted by Gasteiger charge is -2.30. The Kier molecular flexibility index (Phi) is 16.7. The van der Waals surface area contributed by atoms with E-state index in [0.29, 0.717) is 12.2 Å². The van der Waals surface area contributed by atoms with Crippen LogP contribution in [-0.2, 0) is 22.4 Å². The van der Waals surface area contributed by atoms with Crippen LogP contribution in [0.2, 0.25) is 6.04 Å². The topological polar surface area (TPSA) is 49.5 Å². The van der Waals surface area contributed by atoms with Gasteiger partial charge < -0.3 is 22.4 Å². The molecule has 0 aromatic rings. The summed E-state index contributed by atoms with van der Waals surface area (Å²) in [5, 5.41) is 0. The fourth-order valence-electron chi connectivity index (χ4n) is 3.81. The van der Waals surface area contributed by atoms with E-state index >= 15 is 0 Å². The maximum Gasteiger partial charge on any atom is 0.500 e. The molecule has 180 valence electrons. The molecule has 0 aromatic carbocycles. The summed E-state index contributed by atoms with van der Waals surface area (Å²) in [6.07, 6.45) is 14.2. The molecule has 3 unspecified atom stereocenters. The van der Waals surface area contributed by atoms with Crippen LogP contribution in [0, 0.1) is 5.92 Å². The van der Waals surface area contributed by atoms with Gasteiger partial charge in [-0.15, -0.1) is 0 Å². The van der Waals surface area contributed by atoms with Crippen molar-refractivity contribution in [3.05, 3.63) is 0 Å². The molecule has 0 bridgehead atoms. The van der Waals surface area contributed by atoms with Gasteiger partial charge in [0.05, 0.1) is 12.2 Å². The van der Waals surface area contributed by atoms with E-state index in [0.717, 1.165) is 87.4 Å². The smallest absolute Gasteiger partial charge is 0.428 e. The first-order valence-corrected chi connectivity index (χ1v) is 15.5. The van der Waals surface area contributed by atoms with E-state index in [1.54, 1.807) is 0 Å². The highest BCUT2D eigenvalue weighted by atomic mass is 28.4. The van der Waals surface area contributed by atoms with Crippen molar-refractivity contribution in [2.75, 3.05) is 26.4 Å². The molecule has 0 amide bonds. The molecule has 2 fully saturated rings. The molecular weight excluding hydrogens is 412 g/mol. The predicted octanol–water partition coefficient (Wildman–Crippen LogP) is 5.03. The summed E-state index contributed by atoms with van der Waals surface area (Å²) in [5.74, 6) is 0.826. The fraction of sp³-hybridized carbons (Fsp3) is 1.00. The van der Waals surface area contributed by atoms with Crippen LogP contribution in [0.5, 0.6) is 0 Å². The van der Waals surface area contributed by atoms with Crippen LogP contribution >= 0.6 is 0 Å². The average Bonchev–Trinajstić information content (AvgIpc) is 3.53. The highest BCUT2D eigenvalue weighted by Crippen LogP contribution is 2.41. The van der Waals surface area contributed by atoms with Crippen LogP contribution in [0.15, 0.2) is 0 Å². The number of hydrogen-bond acceptors (Lipinski definition) is 5. The minimum absolute atomic E-state index is 0.582. The van der Waals surface area contributed by atoms with Gasteiger partial charge in [-0.1, -0.05) is 46.5 Å². The Hall–Kier alpha value is 0.234. The largest absolute Gasteiger partial charge is 0.500 e. The van der Waals surface area contributed by atoms with Crippen LogP contribution in [0.4, 0.5) is 0 Å². The first-order chi connectivity index (χ1) is 14.6. The molecule has 1 saturated carbocycles. The number of unbranched alkanes of at least 4 members (excludes halogenated alkanes) is 3. The Bertz CT molecular complexity index is 371. The Morgan fingerprint density at radius 2 is 1.33 bits per heavy atom. The van der Waals surface area contributed by atoms with Gasteiger partial charge in [0, 0.05) is 32.5 Å². The molecule has 2 aliphatic rings. The van der Waals surface area contributed by atoms with Gasteiger partial charge >= 0.3 is 8.80 Å². The van der Waals surface area contributed by atoms with Gasteiger partial charge in [0.1, 0.15) is 10.5 Å². The molecule has 0 spiro atoms. The summed E-state index contributed by atoms with van der Waals surface area (Å²) in [5.41, 5.74) is 0. The lowest BCUT2D eigenvalue weighted by atomic mass is 9.86. The lowest BCUT2D eigenvalue weighted by Crippen LogP contribution is -2.46. The Morgan fingerprint density at radius 3 is 1.77 bits per heavy atom. The molecular formula is C23H50O5Si2. The van der Waals surface area contributed by atoms with Gasteiger partial charge in [0.2, 0.25) is 0 Å². The molecule has 2 rings (SSSR count). The number of epoxide rings is 1. The quantitative estimate of drug-likeness (QED) is 0.172. The molecule has 7 heteroatoms. The van der Waals surface area contributed by atoms with Crippen molar-refractivity contribution in [2.24, 2.45) is 5.92 Å². The minimum atomic E-state index is -2.53. The van der Waals surface area contributed by atoms with E-state index in [1.165, 1.54) is 32.1 Å². The highest BCUT2D eigenvalue weighted by Gasteiger charge is 2.44. The third-order valence-electron chi connectivity index (χ3n) is 5.96. The predicted molar refractivity (Wildman–Crippen MR) is 130 cm³/mol. The van der Waals surface area contributed by atoms with E-state index in [1.807, 2.05) is 6.92 Å². The Labute approximate surface area is 190 Å². The molecule has 3 atom stereocenters. The monoisotopic (exact) mass is 462 g/mol.